The molecule has 0 aliphatic carbocycles. The molecule has 0 aliphatic rings. The molecule has 1 aromatic heterocycles. The van der Waals surface area contributed by atoms with Crippen LogP contribution in [-0.4, -0.2) is 29.5 Å². The van der Waals surface area contributed by atoms with Crippen LogP contribution in [0.5, 0.6) is 0 Å². The average Bonchev–Trinajstić information content (AvgIpc) is 2.90. The Labute approximate surface area is 131 Å². The maximum atomic E-state index is 6.01. The standard InChI is InChI=1S/C17H25N3S/c1-13(15-7-5-4-6-8-15)9-16(10-18)20(3)11-17-14(2)19-12-21-17/h4-8,12-13,16H,9-11,18H2,1-3H3. The van der Waals surface area contributed by atoms with Crippen LogP contribution in [0.15, 0.2) is 35.8 Å². The van der Waals surface area contributed by atoms with Crippen molar-refractivity contribution in [1.82, 2.24) is 9.88 Å². The molecular formula is C17H25N3S. The quantitative estimate of drug-likeness (QED) is 0.852. The third-order valence-electron chi connectivity index (χ3n) is 4.13. The fourth-order valence-electron chi connectivity index (χ4n) is 2.62. The van der Waals surface area contributed by atoms with Crippen molar-refractivity contribution < 1.29 is 0 Å². The van der Waals surface area contributed by atoms with E-state index in [9.17, 15) is 0 Å². The molecule has 3 nitrogen and oxygen atoms in total. The predicted octanol–water partition coefficient (Wildman–Crippen LogP) is 3.40. The maximum absolute atomic E-state index is 6.01. The lowest BCUT2D eigenvalue weighted by Gasteiger charge is -2.29. The highest BCUT2D eigenvalue weighted by molar-refractivity contribution is 7.09. The summed E-state index contributed by atoms with van der Waals surface area (Å²) in [6.07, 6.45) is 1.08. The summed E-state index contributed by atoms with van der Waals surface area (Å²) in [5.41, 5.74) is 10.5. The third-order valence-corrected chi connectivity index (χ3v) is 5.05. The molecule has 1 heterocycles. The molecule has 2 unspecified atom stereocenters. The Morgan fingerprint density at radius 1 is 1.29 bits per heavy atom. The Morgan fingerprint density at radius 3 is 2.57 bits per heavy atom. The van der Waals surface area contributed by atoms with Crippen molar-refractivity contribution in [3.63, 3.8) is 0 Å². The first-order chi connectivity index (χ1) is 10.1. The SMILES string of the molecule is Cc1ncsc1CN(C)C(CN)CC(C)c1ccccc1. The summed E-state index contributed by atoms with van der Waals surface area (Å²) in [7, 11) is 2.16. The van der Waals surface area contributed by atoms with Crippen molar-refractivity contribution >= 4 is 11.3 Å². The second kappa shape index (κ2) is 7.69. The minimum Gasteiger partial charge on any atom is -0.329 e. The van der Waals surface area contributed by atoms with Crippen molar-refractivity contribution in [3.8, 4) is 0 Å². The van der Waals surface area contributed by atoms with Crippen LogP contribution in [0, 0.1) is 6.92 Å². The van der Waals surface area contributed by atoms with E-state index in [0.29, 0.717) is 18.5 Å². The van der Waals surface area contributed by atoms with Gasteiger partial charge >= 0.3 is 0 Å². The second-order valence-corrected chi connectivity index (χ2v) is 6.65. The number of likely N-dealkylation sites (N-methyl/N-ethyl adjacent to an activating group) is 1. The second-order valence-electron chi connectivity index (χ2n) is 5.71. The molecule has 0 spiro atoms. The van der Waals surface area contributed by atoms with Gasteiger partial charge in [-0.2, -0.15) is 0 Å². The van der Waals surface area contributed by atoms with Crippen LogP contribution in [0.1, 0.15) is 35.4 Å². The fourth-order valence-corrected chi connectivity index (χ4v) is 3.45. The van der Waals surface area contributed by atoms with Gasteiger partial charge in [0.05, 0.1) is 11.2 Å². The number of aryl methyl sites for hydroxylation is 1. The molecule has 2 N–H and O–H groups in total. The molecule has 2 atom stereocenters. The molecule has 2 rings (SSSR count). The van der Waals surface area contributed by atoms with Crippen molar-refractivity contribution in [1.29, 1.82) is 0 Å². The van der Waals surface area contributed by atoms with Gasteiger partial charge in [0.25, 0.3) is 0 Å². The molecule has 0 radical (unpaired) electrons. The molecule has 1 aromatic carbocycles. The van der Waals surface area contributed by atoms with E-state index in [1.54, 1.807) is 11.3 Å². The van der Waals surface area contributed by atoms with Gasteiger partial charge in [0.15, 0.2) is 0 Å². The summed E-state index contributed by atoms with van der Waals surface area (Å²) >= 11 is 1.73. The maximum Gasteiger partial charge on any atom is 0.0798 e. The van der Waals surface area contributed by atoms with Gasteiger partial charge in [0, 0.05) is 24.0 Å². The van der Waals surface area contributed by atoms with E-state index in [0.717, 1.165) is 18.7 Å². The van der Waals surface area contributed by atoms with E-state index >= 15 is 0 Å². The van der Waals surface area contributed by atoms with Gasteiger partial charge in [0.1, 0.15) is 0 Å². The smallest absolute Gasteiger partial charge is 0.0798 e. The summed E-state index contributed by atoms with van der Waals surface area (Å²) in [6, 6.07) is 11.1. The van der Waals surface area contributed by atoms with Gasteiger partial charge in [-0.3, -0.25) is 4.90 Å². The zero-order chi connectivity index (χ0) is 15.2. The van der Waals surface area contributed by atoms with Crippen LogP contribution >= 0.6 is 11.3 Å². The zero-order valence-corrected chi connectivity index (χ0v) is 13.9. The molecule has 2 aromatic rings. The molecule has 4 heteroatoms. The minimum atomic E-state index is 0.390. The topological polar surface area (TPSA) is 42.2 Å². The monoisotopic (exact) mass is 303 g/mol. The summed E-state index contributed by atoms with van der Waals surface area (Å²) in [5.74, 6) is 0.518. The van der Waals surface area contributed by atoms with Crippen LogP contribution in [-0.2, 0) is 6.54 Å². The molecule has 0 fully saturated rings. The minimum absolute atomic E-state index is 0.390. The number of rotatable bonds is 7. The highest BCUT2D eigenvalue weighted by Crippen LogP contribution is 2.23. The number of thiazole rings is 1. The Bertz CT molecular complexity index is 538. The molecule has 0 bridgehead atoms. The summed E-state index contributed by atoms with van der Waals surface area (Å²) in [5, 5.41) is 0. The van der Waals surface area contributed by atoms with E-state index in [-0.39, 0.29) is 0 Å². The molecule has 114 valence electrons. The van der Waals surface area contributed by atoms with E-state index in [4.69, 9.17) is 5.73 Å². The number of nitrogens with zero attached hydrogens (tertiary/aromatic N) is 2. The normalized spacial score (nSPS) is 14.3. The third kappa shape index (κ3) is 4.37. The largest absolute Gasteiger partial charge is 0.329 e. The highest BCUT2D eigenvalue weighted by atomic mass is 32.1. The zero-order valence-electron chi connectivity index (χ0n) is 13.1. The van der Waals surface area contributed by atoms with Crippen LogP contribution in [0.3, 0.4) is 0 Å². The number of hydrogen-bond acceptors (Lipinski definition) is 4. The summed E-state index contributed by atoms with van der Waals surface area (Å²) in [4.78, 5) is 8.02. The number of benzene rings is 1. The Kier molecular flexibility index (Phi) is 5.91. The van der Waals surface area contributed by atoms with E-state index in [2.05, 4.69) is 61.1 Å². The van der Waals surface area contributed by atoms with E-state index in [1.165, 1.54) is 10.4 Å². The van der Waals surface area contributed by atoms with Crippen LogP contribution in [0.4, 0.5) is 0 Å². The Morgan fingerprint density at radius 2 is 2.00 bits per heavy atom. The van der Waals surface area contributed by atoms with Gasteiger partial charge in [0.2, 0.25) is 0 Å². The lowest BCUT2D eigenvalue weighted by atomic mass is 9.93. The van der Waals surface area contributed by atoms with Gasteiger partial charge in [-0.25, -0.2) is 4.98 Å². The fraction of sp³-hybridized carbons (Fsp3) is 0.471. The Balaban J connectivity index is 1.97. The first-order valence-corrected chi connectivity index (χ1v) is 8.34. The number of hydrogen-bond donors (Lipinski definition) is 1. The van der Waals surface area contributed by atoms with E-state index in [1.807, 2.05) is 5.51 Å². The van der Waals surface area contributed by atoms with Crippen molar-refractivity contribution in [3.05, 3.63) is 52.0 Å². The summed E-state index contributed by atoms with van der Waals surface area (Å²) < 4.78 is 0. The lowest BCUT2D eigenvalue weighted by Crippen LogP contribution is -2.38. The van der Waals surface area contributed by atoms with Gasteiger partial charge in [-0.05, 0) is 31.9 Å². The molecule has 0 saturated heterocycles. The first-order valence-electron chi connectivity index (χ1n) is 7.46. The lowest BCUT2D eigenvalue weighted by molar-refractivity contribution is 0.220. The van der Waals surface area contributed by atoms with Gasteiger partial charge in [-0.1, -0.05) is 37.3 Å². The molecule has 0 saturated carbocycles. The van der Waals surface area contributed by atoms with Gasteiger partial charge in [-0.15, -0.1) is 11.3 Å². The van der Waals surface area contributed by atoms with Crippen molar-refractivity contribution in [2.45, 2.75) is 38.8 Å². The Hall–Kier alpha value is -1.23. The molecule has 21 heavy (non-hydrogen) atoms. The predicted molar refractivity (Wildman–Crippen MR) is 90.6 cm³/mol. The van der Waals surface area contributed by atoms with Crippen LogP contribution < -0.4 is 5.73 Å². The van der Waals surface area contributed by atoms with E-state index < -0.39 is 0 Å². The molecule has 0 amide bonds. The van der Waals surface area contributed by atoms with Crippen molar-refractivity contribution in [2.24, 2.45) is 5.73 Å². The van der Waals surface area contributed by atoms with Crippen molar-refractivity contribution in [2.75, 3.05) is 13.6 Å². The molecular weight excluding hydrogens is 278 g/mol. The summed E-state index contributed by atoms with van der Waals surface area (Å²) in [6.45, 7) is 5.97. The first kappa shape index (κ1) is 16.1. The average molecular weight is 303 g/mol. The van der Waals surface area contributed by atoms with Crippen LogP contribution in [0.25, 0.3) is 0 Å². The number of aromatic nitrogens is 1. The van der Waals surface area contributed by atoms with Gasteiger partial charge < -0.3 is 5.73 Å². The molecule has 0 aliphatic heterocycles. The highest BCUT2D eigenvalue weighted by Gasteiger charge is 2.18. The number of nitrogens with two attached hydrogens (primary N) is 1. The van der Waals surface area contributed by atoms with Crippen LogP contribution in [0.2, 0.25) is 0 Å².